The number of hydrogen-bond acceptors (Lipinski definition) is 3. The van der Waals surface area contributed by atoms with Gasteiger partial charge in [0.05, 0.1) is 6.54 Å². The van der Waals surface area contributed by atoms with Crippen molar-refractivity contribution in [2.45, 2.75) is 6.54 Å². The van der Waals surface area contributed by atoms with Crippen LogP contribution in [0, 0.1) is 5.82 Å². The summed E-state index contributed by atoms with van der Waals surface area (Å²) >= 11 is 0. The largest absolute Gasteiger partial charge is 0.477 e. The molecule has 1 aromatic heterocycles. The second kappa shape index (κ2) is 5.58. The van der Waals surface area contributed by atoms with E-state index in [9.17, 15) is 18.8 Å². The zero-order chi connectivity index (χ0) is 15.6. The third-order valence-corrected chi connectivity index (χ3v) is 2.93. The van der Waals surface area contributed by atoms with Crippen LogP contribution in [0.3, 0.4) is 0 Å². The maximum Gasteiger partial charge on any atom is 0.352 e. The van der Waals surface area contributed by atoms with E-state index >= 15 is 0 Å². The molecule has 0 spiro atoms. The molecule has 0 aliphatic rings. The van der Waals surface area contributed by atoms with Gasteiger partial charge in [0.2, 0.25) is 5.91 Å². The van der Waals surface area contributed by atoms with Gasteiger partial charge in [-0.1, -0.05) is 12.1 Å². The fraction of sp³-hybridized carbons (Fsp3) is 0.0714. The first-order valence-corrected chi connectivity index (χ1v) is 5.91. The topological polar surface area (TPSA) is 102 Å². The van der Waals surface area contributed by atoms with Crippen LogP contribution in [0.2, 0.25) is 0 Å². The van der Waals surface area contributed by atoms with Crippen molar-refractivity contribution in [3.63, 3.8) is 0 Å². The lowest BCUT2D eigenvalue weighted by molar-refractivity contribution is 0.0683. The minimum absolute atomic E-state index is 0.00452. The Morgan fingerprint density at radius 1 is 1.24 bits per heavy atom. The summed E-state index contributed by atoms with van der Waals surface area (Å²) in [7, 11) is 0. The highest BCUT2D eigenvalue weighted by Gasteiger charge is 2.13. The van der Waals surface area contributed by atoms with E-state index in [1.54, 1.807) is 0 Å². The number of benzene rings is 1. The molecule has 0 radical (unpaired) electrons. The van der Waals surface area contributed by atoms with Crippen molar-refractivity contribution in [3.8, 4) is 0 Å². The number of carbonyl (C=O) groups is 2. The van der Waals surface area contributed by atoms with Crippen LogP contribution in [-0.4, -0.2) is 21.6 Å². The Bertz CT molecular complexity index is 783. The minimum atomic E-state index is -1.29. The van der Waals surface area contributed by atoms with Crippen LogP contribution in [0.25, 0.3) is 0 Å². The summed E-state index contributed by atoms with van der Waals surface area (Å²) in [5.41, 5.74) is 4.30. The number of pyridine rings is 1. The second-order valence-corrected chi connectivity index (χ2v) is 4.31. The summed E-state index contributed by atoms with van der Waals surface area (Å²) in [4.78, 5) is 33.8. The molecule has 7 heteroatoms. The van der Waals surface area contributed by atoms with Gasteiger partial charge in [-0.15, -0.1) is 0 Å². The fourth-order valence-corrected chi connectivity index (χ4v) is 1.87. The molecule has 0 aliphatic heterocycles. The number of aromatic carboxylic acids is 1. The van der Waals surface area contributed by atoms with E-state index in [4.69, 9.17) is 10.8 Å². The van der Waals surface area contributed by atoms with Gasteiger partial charge in [-0.25, -0.2) is 9.18 Å². The first-order chi connectivity index (χ1) is 9.90. The SMILES string of the molecule is NC(=O)c1ccc(Cn2c(C(=O)O)cccc2=O)c(F)c1. The number of amides is 1. The molecule has 1 heterocycles. The maximum absolute atomic E-state index is 13.9. The summed E-state index contributed by atoms with van der Waals surface area (Å²) in [5.74, 6) is -2.80. The second-order valence-electron chi connectivity index (χ2n) is 4.31. The van der Waals surface area contributed by atoms with Gasteiger partial charge >= 0.3 is 5.97 Å². The Labute approximate surface area is 118 Å². The van der Waals surface area contributed by atoms with E-state index in [2.05, 4.69) is 0 Å². The lowest BCUT2D eigenvalue weighted by atomic mass is 10.1. The van der Waals surface area contributed by atoms with Gasteiger partial charge in [-0.05, 0) is 18.2 Å². The van der Waals surface area contributed by atoms with Gasteiger partial charge in [-0.3, -0.25) is 14.2 Å². The lowest BCUT2D eigenvalue weighted by Gasteiger charge is -2.10. The molecule has 0 saturated carbocycles. The van der Waals surface area contributed by atoms with Gasteiger partial charge in [-0.2, -0.15) is 0 Å². The Balaban J connectivity index is 2.46. The van der Waals surface area contributed by atoms with E-state index in [0.29, 0.717) is 0 Å². The Hall–Kier alpha value is -2.96. The first-order valence-electron chi connectivity index (χ1n) is 5.91. The molecule has 0 atom stereocenters. The predicted molar refractivity (Wildman–Crippen MR) is 71.7 cm³/mol. The Morgan fingerprint density at radius 3 is 2.52 bits per heavy atom. The standard InChI is InChI=1S/C14H11FN2O4/c15-10-6-8(13(16)19)4-5-9(10)7-17-11(14(20)21)2-1-3-12(17)18/h1-6H,7H2,(H2,16,19)(H,20,21). The molecule has 3 N–H and O–H groups in total. The maximum atomic E-state index is 13.9. The van der Waals surface area contributed by atoms with Crippen molar-refractivity contribution in [1.82, 2.24) is 4.57 Å². The molecular weight excluding hydrogens is 279 g/mol. The summed E-state index contributed by atoms with van der Waals surface area (Å²) < 4.78 is 14.8. The van der Waals surface area contributed by atoms with Crippen LogP contribution in [-0.2, 0) is 6.54 Å². The smallest absolute Gasteiger partial charge is 0.352 e. The average Bonchev–Trinajstić information content (AvgIpc) is 2.42. The summed E-state index contributed by atoms with van der Waals surface area (Å²) in [6.07, 6.45) is 0. The molecule has 108 valence electrons. The van der Waals surface area contributed by atoms with Crippen molar-refractivity contribution < 1.29 is 19.1 Å². The quantitative estimate of drug-likeness (QED) is 0.870. The number of aromatic nitrogens is 1. The number of rotatable bonds is 4. The third kappa shape index (κ3) is 2.97. The highest BCUT2D eigenvalue weighted by Crippen LogP contribution is 2.12. The molecule has 2 aromatic rings. The number of carbonyl (C=O) groups excluding carboxylic acids is 1. The monoisotopic (exact) mass is 290 g/mol. The van der Waals surface area contributed by atoms with Crippen molar-refractivity contribution >= 4 is 11.9 Å². The van der Waals surface area contributed by atoms with Crippen LogP contribution >= 0.6 is 0 Å². The first kappa shape index (κ1) is 14.4. The number of nitrogens with two attached hydrogens (primary N) is 1. The van der Waals surface area contributed by atoms with Crippen molar-refractivity contribution in [3.05, 3.63) is 69.4 Å². The van der Waals surface area contributed by atoms with Gasteiger partial charge in [0.1, 0.15) is 11.5 Å². The van der Waals surface area contributed by atoms with E-state index < -0.39 is 23.3 Å². The summed E-state index contributed by atoms with van der Waals surface area (Å²) in [6.45, 7) is -0.258. The van der Waals surface area contributed by atoms with Gasteiger partial charge < -0.3 is 10.8 Å². The normalized spacial score (nSPS) is 10.3. The predicted octanol–water partition coefficient (Wildman–Crippen LogP) is 0.833. The highest BCUT2D eigenvalue weighted by atomic mass is 19.1. The van der Waals surface area contributed by atoms with Crippen LogP contribution < -0.4 is 11.3 Å². The van der Waals surface area contributed by atoms with Crippen LogP contribution in [0.5, 0.6) is 0 Å². The fourth-order valence-electron chi connectivity index (χ4n) is 1.87. The minimum Gasteiger partial charge on any atom is -0.477 e. The summed E-state index contributed by atoms with van der Waals surface area (Å²) in [6, 6.07) is 7.30. The number of hydrogen-bond donors (Lipinski definition) is 2. The van der Waals surface area contributed by atoms with Crippen LogP contribution in [0.1, 0.15) is 26.4 Å². The molecule has 21 heavy (non-hydrogen) atoms. The Morgan fingerprint density at radius 2 is 1.95 bits per heavy atom. The molecule has 0 saturated heterocycles. The number of halogens is 1. The molecule has 0 unspecified atom stereocenters. The zero-order valence-corrected chi connectivity index (χ0v) is 10.7. The van der Waals surface area contributed by atoms with Crippen LogP contribution in [0.15, 0.2) is 41.2 Å². The van der Waals surface area contributed by atoms with E-state index in [0.717, 1.165) is 10.6 Å². The molecule has 1 aromatic carbocycles. The van der Waals surface area contributed by atoms with Crippen molar-refractivity contribution in [1.29, 1.82) is 0 Å². The number of carboxylic acids is 1. The van der Waals surface area contributed by atoms with Crippen LogP contribution in [0.4, 0.5) is 4.39 Å². The molecule has 6 nitrogen and oxygen atoms in total. The third-order valence-electron chi connectivity index (χ3n) is 2.93. The highest BCUT2D eigenvalue weighted by molar-refractivity contribution is 5.92. The van der Waals surface area contributed by atoms with Gasteiger partial charge in [0.15, 0.2) is 0 Å². The molecule has 0 aliphatic carbocycles. The molecular formula is C14H11FN2O4. The molecule has 0 fully saturated rings. The molecule has 1 amide bonds. The Kier molecular flexibility index (Phi) is 3.84. The lowest BCUT2D eigenvalue weighted by Crippen LogP contribution is -2.26. The molecule has 0 bridgehead atoms. The average molecular weight is 290 g/mol. The molecule has 2 rings (SSSR count). The number of nitrogens with zero attached hydrogens (tertiary/aromatic N) is 1. The van der Waals surface area contributed by atoms with Gasteiger partial charge in [0, 0.05) is 17.2 Å². The van der Waals surface area contributed by atoms with Crippen molar-refractivity contribution in [2.24, 2.45) is 5.73 Å². The van der Waals surface area contributed by atoms with E-state index in [1.165, 1.54) is 30.3 Å². The van der Waals surface area contributed by atoms with E-state index in [1.807, 2.05) is 0 Å². The number of carboxylic acid groups (broad SMARTS) is 1. The summed E-state index contributed by atoms with van der Waals surface area (Å²) in [5, 5.41) is 9.04. The van der Waals surface area contributed by atoms with Crippen molar-refractivity contribution in [2.75, 3.05) is 0 Å². The van der Waals surface area contributed by atoms with E-state index in [-0.39, 0.29) is 23.4 Å². The number of primary amides is 1. The van der Waals surface area contributed by atoms with Gasteiger partial charge in [0.25, 0.3) is 5.56 Å². The zero-order valence-electron chi connectivity index (χ0n) is 10.7.